The average Bonchev–Trinajstić information content (AvgIpc) is 3.37. The van der Waals surface area contributed by atoms with Gasteiger partial charge in [-0.2, -0.15) is 21.6 Å². The van der Waals surface area contributed by atoms with Gasteiger partial charge in [-0.1, -0.05) is 30.3 Å². The van der Waals surface area contributed by atoms with Crippen molar-refractivity contribution in [3.8, 4) is 5.75 Å². The Balaban J connectivity index is 1.62. The number of hydrogen-bond donors (Lipinski definition) is 0. The van der Waals surface area contributed by atoms with Crippen molar-refractivity contribution in [1.29, 1.82) is 0 Å². The molecule has 0 saturated carbocycles. The Morgan fingerprint density at radius 2 is 1.78 bits per heavy atom. The molecule has 37 heavy (non-hydrogen) atoms. The summed E-state index contributed by atoms with van der Waals surface area (Å²) in [6.45, 7) is 0.606. The van der Waals surface area contributed by atoms with E-state index in [1.54, 1.807) is 12.1 Å². The van der Waals surface area contributed by atoms with E-state index >= 15 is 0 Å². The van der Waals surface area contributed by atoms with Gasteiger partial charge < -0.3 is 13.8 Å². The van der Waals surface area contributed by atoms with Crippen molar-refractivity contribution >= 4 is 16.0 Å². The van der Waals surface area contributed by atoms with Crippen molar-refractivity contribution in [3.63, 3.8) is 0 Å². The number of para-hydroxylation sites is 1. The number of rotatable bonds is 8. The average molecular weight is 538 g/mol. The van der Waals surface area contributed by atoms with Crippen LogP contribution in [0.1, 0.15) is 34.3 Å². The van der Waals surface area contributed by atoms with E-state index in [2.05, 4.69) is 0 Å². The number of alkyl halides is 3. The fourth-order valence-electron chi connectivity index (χ4n) is 3.97. The van der Waals surface area contributed by atoms with Crippen molar-refractivity contribution in [2.45, 2.75) is 36.6 Å². The molecule has 0 radical (unpaired) electrons. The standard InChI is InChI=1S/C26H23F4NO5S/c27-21-9-3-7-18(14-21)25(32)31(17-22-10-5-13-35-22)16-19-6-1-2-12-24(19)36-37(33,34)23-11-4-8-20(15-23)26(28,29)30/h1-4,6-9,11-12,14-15,22H,5,10,13,16-17H2/t22-/m1/s1. The van der Waals surface area contributed by atoms with E-state index in [0.29, 0.717) is 18.2 Å². The fraction of sp³-hybridized carbons (Fsp3) is 0.269. The van der Waals surface area contributed by atoms with E-state index in [9.17, 15) is 30.8 Å². The van der Waals surface area contributed by atoms with Crippen molar-refractivity contribution < 1.29 is 39.7 Å². The third kappa shape index (κ3) is 6.66. The summed E-state index contributed by atoms with van der Waals surface area (Å²) in [5.74, 6) is -1.23. The Morgan fingerprint density at radius 1 is 1.03 bits per heavy atom. The summed E-state index contributed by atoms with van der Waals surface area (Å²) in [4.78, 5) is 14.0. The lowest BCUT2D eigenvalue weighted by atomic mass is 10.1. The second-order valence-corrected chi connectivity index (χ2v) is 10.0. The first-order valence-corrected chi connectivity index (χ1v) is 12.8. The van der Waals surface area contributed by atoms with Gasteiger partial charge in [0, 0.05) is 30.8 Å². The molecule has 1 amide bonds. The van der Waals surface area contributed by atoms with E-state index in [0.717, 1.165) is 37.1 Å². The molecule has 3 aromatic carbocycles. The predicted molar refractivity (Wildman–Crippen MR) is 126 cm³/mol. The van der Waals surface area contributed by atoms with E-state index in [-0.39, 0.29) is 30.5 Å². The first-order valence-electron chi connectivity index (χ1n) is 11.4. The molecule has 6 nitrogen and oxygen atoms in total. The molecule has 4 rings (SSSR count). The molecule has 0 bridgehead atoms. The summed E-state index contributed by atoms with van der Waals surface area (Å²) in [6.07, 6.45) is -3.44. The minimum Gasteiger partial charge on any atom is -0.379 e. The number of hydrogen-bond acceptors (Lipinski definition) is 5. The molecule has 11 heteroatoms. The monoisotopic (exact) mass is 537 g/mol. The molecule has 1 saturated heterocycles. The van der Waals surface area contributed by atoms with Crippen LogP contribution in [0.2, 0.25) is 0 Å². The number of amides is 1. The molecule has 1 aliphatic heterocycles. The number of carbonyl (C=O) groups excluding carboxylic acids is 1. The molecule has 1 atom stereocenters. The lowest BCUT2D eigenvalue weighted by Gasteiger charge is -2.26. The van der Waals surface area contributed by atoms with Crippen LogP contribution in [0.15, 0.2) is 77.7 Å². The number of ether oxygens (including phenoxy) is 1. The molecular formula is C26H23F4NO5S. The SMILES string of the molecule is O=C(c1cccc(F)c1)N(Cc1ccccc1OS(=O)(=O)c1cccc(C(F)(F)F)c1)C[C@H]1CCCO1. The molecule has 1 aliphatic rings. The van der Waals surface area contributed by atoms with Crippen LogP contribution in [0.3, 0.4) is 0 Å². The molecule has 1 fully saturated rings. The third-order valence-corrected chi connectivity index (χ3v) is 7.02. The lowest BCUT2D eigenvalue weighted by Crippen LogP contribution is -2.37. The zero-order valence-electron chi connectivity index (χ0n) is 19.4. The third-order valence-electron chi connectivity index (χ3n) is 5.79. The van der Waals surface area contributed by atoms with E-state index in [1.165, 1.54) is 35.2 Å². The molecule has 0 spiro atoms. The van der Waals surface area contributed by atoms with Crippen LogP contribution in [0.5, 0.6) is 5.75 Å². The van der Waals surface area contributed by atoms with Crippen LogP contribution >= 0.6 is 0 Å². The summed E-state index contributed by atoms with van der Waals surface area (Å²) in [5.41, 5.74) is -0.734. The topological polar surface area (TPSA) is 72.9 Å². The molecular weight excluding hydrogens is 514 g/mol. The van der Waals surface area contributed by atoms with E-state index in [1.807, 2.05) is 0 Å². The van der Waals surface area contributed by atoms with E-state index in [4.69, 9.17) is 8.92 Å². The number of carbonyl (C=O) groups is 1. The van der Waals surface area contributed by atoms with Gasteiger partial charge in [-0.15, -0.1) is 0 Å². The maximum atomic E-state index is 13.8. The van der Waals surface area contributed by atoms with Crippen molar-refractivity contribution in [2.75, 3.05) is 13.2 Å². The Morgan fingerprint density at radius 3 is 2.49 bits per heavy atom. The lowest BCUT2D eigenvalue weighted by molar-refractivity contribution is -0.137. The van der Waals surface area contributed by atoms with E-state index < -0.39 is 38.5 Å². The first-order chi connectivity index (χ1) is 17.5. The van der Waals surface area contributed by atoms with Crippen molar-refractivity contribution in [1.82, 2.24) is 4.90 Å². The minimum absolute atomic E-state index is 0.105. The van der Waals surface area contributed by atoms with Crippen molar-refractivity contribution in [3.05, 3.63) is 95.3 Å². The van der Waals surface area contributed by atoms with Gasteiger partial charge in [0.05, 0.1) is 11.7 Å². The first kappa shape index (κ1) is 26.6. The fourth-order valence-corrected chi connectivity index (χ4v) is 4.98. The van der Waals surface area contributed by atoms with Gasteiger partial charge in [0.2, 0.25) is 0 Å². The summed E-state index contributed by atoms with van der Waals surface area (Å²) in [7, 11) is -4.63. The van der Waals surface area contributed by atoms with Crippen LogP contribution in [-0.2, 0) is 27.6 Å². The van der Waals surface area contributed by atoms with Gasteiger partial charge in [-0.05, 0) is 55.3 Å². The summed E-state index contributed by atoms with van der Waals surface area (Å²) in [5, 5.41) is 0. The molecule has 0 aliphatic carbocycles. The molecule has 196 valence electrons. The number of benzene rings is 3. The van der Waals surface area contributed by atoms with Gasteiger partial charge in [-0.25, -0.2) is 4.39 Å². The van der Waals surface area contributed by atoms with Gasteiger partial charge in [0.1, 0.15) is 16.5 Å². The maximum absolute atomic E-state index is 13.8. The van der Waals surface area contributed by atoms with Crippen LogP contribution in [0.25, 0.3) is 0 Å². The maximum Gasteiger partial charge on any atom is 0.416 e. The Kier molecular flexibility index (Phi) is 7.84. The molecule has 1 heterocycles. The van der Waals surface area contributed by atoms with Crippen LogP contribution < -0.4 is 4.18 Å². The highest BCUT2D eigenvalue weighted by Crippen LogP contribution is 2.32. The molecule has 3 aromatic rings. The quantitative estimate of drug-likeness (QED) is 0.283. The minimum atomic E-state index is -4.73. The Hall–Kier alpha value is -3.44. The molecule has 0 aromatic heterocycles. The summed E-state index contributed by atoms with van der Waals surface area (Å²) >= 11 is 0. The predicted octanol–water partition coefficient (Wildman–Crippen LogP) is 5.43. The Labute approximate surface area is 211 Å². The molecule has 0 unspecified atom stereocenters. The molecule has 0 N–H and O–H groups in total. The largest absolute Gasteiger partial charge is 0.416 e. The second kappa shape index (κ2) is 10.9. The number of nitrogens with zero attached hydrogens (tertiary/aromatic N) is 1. The van der Waals surface area contributed by atoms with Gasteiger partial charge >= 0.3 is 16.3 Å². The zero-order chi connectivity index (χ0) is 26.6. The smallest absolute Gasteiger partial charge is 0.379 e. The van der Waals surface area contributed by atoms with Crippen molar-refractivity contribution in [2.24, 2.45) is 0 Å². The van der Waals surface area contributed by atoms with Gasteiger partial charge in [0.25, 0.3) is 5.91 Å². The van der Waals surface area contributed by atoms with Crippen LogP contribution in [-0.4, -0.2) is 38.5 Å². The van der Waals surface area contributed by atoms with Crippen LogP contribution in [0.4, 0.5) is 17.6 Å². The summed E-state index contributed by atoms with van der Waals surface area (Å²) in [6, 6.07) is 14.4. The Bertz CT molecular complexity index is 1370. The normalized spacial score (nSPS) is 15.9. The zero-order valence-corrected chi connectivity index (χ0v) is 20.3. The van der Waals surface area contributed by atoms with Gasteiger partial charge in [0.15, 0.2) is 0 Å². The van der Waals surface area contributed by atoms with Gasteiger partial charge in [-0.3, -0.25) is 4.79 Å². The highest BCUT2D eigenvalue weighted by Gasteiger charge is 2.32. The highest BCUT2D eigenvalue weighted by molar-refractivity contribution is 7.87. The van der Waals surface area contributed by atoms with Crippen LogP contribution in [0, 0.1) is 5.82 Å². The number of halogens is 4. The highest BCUT2D eigenvalue weighted by atomic mass is 32.2. The summed E-state index contributed by atoms with van der Waals surface area (Å²) < 4.78 is 89.7. The second-order valence-electron chi connectivity index (χ2n) is 8.50.